The van der Waals surface area contributed by atoms with Crippen LogP contribution in [-0.2, 0) is 4.79 Å². The Hall–Kier alpha value is -1.15. The number of halogens is 1. The Bertz CT molecular complexity index is 326. The zero-order valence-electron chi connectivity index (χ0n) is 6.96. The molecular formula is C8H10FN3O. The van der Waals surface area contributed by atoms with Crippen LogP contribution >= 0.6 is 0 Å². The molecule has 2 aliphatic carbocycles. The Morgan fingerprint density at radius 3 is 2.69 bits per heavy atom. The first-order valence-electron chi connectivity index (χ1n) is 4.16. The van der Waals surface area contributed by atoms with Crippen LogP contribution < -0.4 is 11.5 Å². The van der Waals surface area contributed by atoms with Crippen molar-refractivity contribution < 1.29 is 9.18 Å². The van der Waals surface area contributed by atoms with Crippen molar-refractivity contribution in [3.63, 3.8) is 0 Å². The molecule has 5 heteroatoms. The Morgan fingerprint density at radius 2 is 2.31 bits per heavy atom. The van der Waals surface area contributed by atoms with E-state index in [1.54, 1.807) is 0 Å². The smallest absolute Gasteiger partial charge is 0.255 e. The fourth-order valence-corrected chi connectivity index (χ4v) is 2.55. The summed E-state index contributed by atoms with van der Waals surface area (Å²) < 4.78 is 13.7. The van der Waals surface area contributed by atoms with Crippen LogP contribution in [0.1, 0.15) is 12.8 Å². The average molecular weight is 183 g/mol. The highest BCUT2D eigenvalue weighted by atomic mass is 19.1. The van der Waals surface area contributed by atoms with Crippen molar-refractivity contribution in [1.82, 2.24) is 0 Å². The Balaban J connectivity index is 2.30. The van der Waals surface area contributed by atoms with Gasteiger partial charge in [-0.05, 0) is 12.8 Å². The number of rotatable bonds is 1. The van der Waals surface area contributed by atoms with Crippen molar-refractivity contribution in [2.24, 2.45) is 23.3 Å². The second-order valence-electron chi connectivity index (χ2n) is 3.91. The Kier molecular flexibility index (Phi) is 1.31. The number of alkyl halides is 1. The lowest BCUT2D eigenvalue weighted by molar-refractivity contribution is -0.125. The van der Waals surface area contributed by atoms with E-state index in [1.165, 1.54) is 0 Å². The van der Waals surface area contributed by atoms with E-state index in [0.717, 1.165) is 0 Å². The molecule has 2 rings (SSSR count). The molecule has 13 heavy (non-hydrogen) atoms. The molecule has 4 nitrogen and oxygen atoms in total. The standard InChI is InChI=1S/C8H10FN3O/c9-8(6(11)13)4-1-2-7(12,3-10)5(4)8/h4-5H,1-2,12H2,(H2,11,13)/t4?,5-,7-,8-/m1/s1. The van der Waals surface area contributed by atoms with Gasteiger partial charge in [-0.3, -0.25) is 4.79 Å². The minimum atomic E-state index is -2.01. The fourth-order valence-electron chi connectivity index (χ4n) is 2.55. The van der Waals surface area contributed by atoms with E-state index in [0.29, 0.717) is 12.8 Å². The number of nitrogens with zero attached hydrogens (tertiary/aromatic N) is 1. The lowest BCUT2D eigenvalue weighted by atomic mass is 9.92. The van der Waals surface area contributed by atoms with Crippen molar-refractivity contribution in [2.45, 2.75) is 24.0 Å². The van der Waals surface area contributed by atoms with Gasteiger partial charge < -0.3 is 11.5 Å². The number of carbonyl (C=O) groups is 1. The average Bonchev–Trinajstić information content (AvgIpc) is 2.52. The third-order valence-corrected chi connectivity index (χ3v) is 3.30. The van der Waals surface area contributed by atoms with Crippen LogP contribution in [0.3, 0.4) is 0 Å². The third-order valence-electron chi connectivity index (χ3n) is 3.30. The van der Waals surface area contributed by atoms with Crippen molar-refractivity contribution in [3.8, 4) is 6.07 Å². The maximum Gasteiger partial charge on any atom is 0.255 e. The molecule has 0 radical (unpaired) electrons. The van der Waals surface area contributed by atoms with Crippen molar-refractivity contribution in [1.29, 1.82) is 5.26 Å². The molecule has 0 heterocycles. The van der Waals surface area contributed by atoms with E-state index in [-0.39, 0.29) is 0 Å². The molecule has 70 valence electrons. The lowest BCUT2D eigenvalue weighted by Gasteiger charge is -2.19. The van der Waals surface area contributed by atoms with Crippen LogP contribution in [0.15, 0.2) is 0 Å². The third kappa shape index (κ3) is 0.742. The monoisotopic (exact) mass is 183 g/mol. The molecular weight excluding hydrogens is 173 g/mol. The molecule has 2 fully saturated rings. The number of hydrogen-bond acceptors (Lipinski definition) is 3. The van der Waals surface area contributed by atoms with Gasteiger partial charge in [0.05, 0.1) is 6.07 Å². The molecule has 0 aromatic rings. The second-order valence-corrected chi connectivity index (χ2v) is 3.91. The van der Waals surface area contributed by atoms with Crippen LogP contribution in [-0.4, -0.2) is 17.1 Å². The summed E-state index contributed by atoms with van der Waals surface area (Å²) in [7, 11) is 0. The molecule has 4 atom stereocenters. The minimum absolute atomic E-state index is 0.422. The number of hydrogen-bond donors (Lipinski definition) is 2. The number of carbonyl (C=O) groups excluding carboxylic acids is 1. The molecule has 1 unspecified atom stereocenters. The zero-order valence-corrected chi connectivity index (χ0v) is 6.96. The Morgan fingerprint density at radius 1 is 1.69 bits per heavy atom. The number of nitrogens with two attached hydrogens (primary N) is 2. The van der Waals surface area contributed by atoms with E-state index < -0.39 is 29.0 Å². The molecule has 0 aromatic carbocycles. The second kappa shape index (κ2) is 2.02. The first-order valence-corrected chi connectivity index (χ1v) is 4.16. The highest BCUT2D eigenvalue weighted by molar-refractivity contribution is 5.89. The molecule has 4 N–H and O–H groups in total. The van der Waals surface area contributed by atoms with Gasteiger partial charge in [-0.2, -0.15) is 5.26 Å². The van der Waals surface area contributed by atoms with Gasteiger partial charge in [0.1, 0.15) is 5.54 Å². The van der Waals surface area contributed by atoms with E-state index in [4.69, 9.17) is 16.7 Å². The summed E-state index contributed by atoms with van der Waals surface area (Å²) in [5.41, 5.74) is 7.37. The topological polar surface area (TPSA) is 92.9 Å². The summed E-state index contributed by atoms with van der Waals surface area (Å²) in [6.07, 6.45) is 0.936. The van der Waals surface area contributed by atoms with Crippen LogP contribution in [0, 0.1) is 23.2 Å². The van der Waals surface area contributed by atoms with Crippen LogP contribution in [0.4, 0.5) is 4.39 Å². The summed E-state index contributed by atoms with van der Waals surface area (Å²) >= 11 is 0. The maximum absolute atomic E-state index is 13.7. The van der Waals surface area contributed by atoms with Gasteiger partial charge in [-0.1, -0.05) is 0 Å². The lowest BCUT2D eigenvalue weighted by Crippen LogP contribution is -2.45. The zero-order chi connectivity index (χ0) is 9.85. The highest BCUT2D eigenvalue weighted by Gasteiger charge is 2.79. The number of fused-ring (bicyclic) bond motifs is 1. The number of amides is 1. The van der Waals surface area contributed by atoms with Crippen LogP contribution in [0.25, 0.3) is 0 Å². The maximum atomic E-state index is 13.7. The normalized spacial score (nSPS) is 52.4. The molecule has 1 amide bonds. The van der Waals surface area contributed by atoms with Crippen molar-refractivity contribution >= 4 is 5.91 Å². The first kappa shape index (κ1) is 8.45. The van der Waals surface area contributed by atoms with E-state index in [9.17, 15) is 9.18 Å². The summed E-state index contributed by atoms with van der Waals surface area (Å²) in [5, 5.41) is 8.74. The van der Waals surface area contributed by atoms with Crippen LogP contribution in [0.2, 0.25) is 0 Å². The van der Waals surface area contributed by atoms with E-state index in [1.807, 2.05) is 6.07 Å². The first-order chi connectivity index (χ1) is 5.97. The molecule has 0 bridgehead atoms. The molecule has 2 saturated carbocycles. The van der Waals surface area contributed by atoms with Crippen molar-refractivity contribution in [2.75, 3.05) is 0 Å². The highest BCUT2D eigenvalue weighted by Crippen LogP contribution is 2.66. The molecule has 0 aliphatic heterocycles. The number of nitriles is 1. The minimum Gasteiger partial charge on any atom is -0.367 e. The summed E-state index contributed by atoms with van der Waals surface area (Å²) in [5.74, 6) is -2.08. The summed E-state index contributed by atoms with van der Waals surface area (Å²) in [4.78, 5) is 10.8. The van der Waals surface area contributed by atoms with Gasteiger partial charge in [-0.25, -0.2) is 4.39 Å². The molecule has 2 aliphatic rings. The summed E-state index contributed by atoms with van der Waals surface area (Å²) in [6, 6.07) is 1.87. The predicted molar refractivity (Wildman–Crippen MR) is 41.8 cm³/mol. The van der Waals surface area contributed by atoms with Crippen molar-refractivity contribution in [3.05, 3.63) is 0 Å². The predicted octanol–water partition coefficient (Wildman–Crippen LogP) is -0.559. The van der Waals surface area contributed by atoms with Gasteiger partial charge in [0.15, 0.2) is 5.67 Å². The van der Waals surface area contributed by atoms with Gasteiger partial charge >= 0.3 is 0 Å². The quantitative estimate of drug-likeness (QED) is 0.570. The van der Waals surface area contributed by atoms with Gasteiger partial charge in [0.2, 0.25) is 0 Å². The van der Waals surface area contributed by atoms with E-state index in [2.05, 4.69) is 0 Å². The molecule has 0 saturated heterocycles. The molecule has 0 aromatic heterocycles. The fraction of sp³-hybridized carbons (Fsp3) is 0.750. The molecule has 0 spiro atoms. The van der Waals surface area contributed by atoms with Gasteiger partial charge in [0, 0.05) is 11.8 Å². The Labute approximate surface area is 74.7 Å². The van der Waals surface area contributed by atoms with Crippen LogP contribution in [0.5, 0.6) is 0 Å². The summed E-state index contributed by atoms with van der Waals surface area (Å²) in [6.45, 7) is 0. The van der Waals surface area contributed by atoms with Gasteiger partial charge in [-0.15, -0.1) is 0 Å². The van der Waals surface area contributed by atoms with Gasteiger partial charge in [0.25, 0.3) is 5.91 Å². The number of primary amides is 1. The largest absolute Gasteiger partial charge is 0.367 e. The SMILES string of the molecule is N#C[C@]1(N)CCC2[C@H]1[C@@]2(F)C(N)=O. The van der Waals surface area contributed by atoms with E-state index >= 15 is 0 Å².